The Kier molecular flexibility index (Phi) is 5.64. The maximum absolute atomic E-state index is 12.1. The van der Waals surface area contributed by atoms with Gasteiger partial charge in [-0.3, -0.25) is 9.59 Å². The van der Waals surface area contributed by atoms with Crippen LogP contribution >= 0.6 is 0 Å². The number of carbonyl (C=O) groups excluding carboxylic acids is 2. The predicted molar refractivity (Wildman–Crippen MR) is 93.7 cm³/mol. The van der Waals surface area contributed by atoms with E-state index in [1.807, 2.05) is 18.2 Å². The van der Waals surface area contributed by atoms with Crippen molar-refractivity contribution >= 4 is 17.5 Å². The van der Waals surface area contributed by atoms with Gasteiger partial charge in [-0.1, -0.05) is 18.2 Å². The lowest BCUT2D eigenvalue weighted by atomic mass is 10.2. The molecule has 2 amide bonds. The zero-order valence-electron chi connectivity index (χ0n) is 13.8. The minimum Gasteiger partial charge on any atom is -0.484 e. The van der Waals surface area contributed by atoms with Crippen LogP contribution in [0.2, 0.25) is 0 Å². The van der Waals surface area contributed by atoms with Crippen molar-refractivity contribution in [3.05, 3.63) is 60.2 Å². The second kappa shape index (κ2) is 8.30. The van der Waals surface area contributed by atoms with Crippen LogP contribution < -0.4 is 10.1 Å². The average Bonchev–Trinajstić information content (AvgIpc) is 2.68. The lowest BCUT2D eigenvalue weighted by Gasteiger charge is -2.26. The smallest absolute Gasteiger partial charge is 0.260 e. The summed E-state index contributed by atoms with van der Waals surface area (Å²) >= 11 is 0. The molecular formula is C19H20N2O4. The van der Waals surface area contributed by atoms with Gasteiger partial charge >= 0.3 is 0 Å². The van der Waals surface area contributed by atoms with Gasteiger partial charge in [0.1, 0.15) is 5.75 Å². The third-order valence-electron chi connectivity index (χ3n) is 3.87. The molecule has 130 valence electrons. The number of anilines is 1. The van der Waals surface area contributed by atoms with Crippen LogP contribution in [0.5, 0.6) is 5.75 Å². The zero-order valence-corrected chi connectivity index (χ0v) is 13.8. The summed E-state index contributed by atoms with van der Waals surface area (Å²) < 4.78 is 10.7. The molecule has 1 N–H and O–H groups in total. The SMILES string of the molecule is O=C(Nc1ccc(OCC(=O)N2CCOCC2)cc1)c1ccccc1. The normalized spacial score (nSPS) is 14.0. The Morgan fingerprint density at radius 1 is 1.00 bits per heavy atom. The number of rotatable bonds is 5. The summed E-state index contributed by atoms with van der Waals surface area (Å²) in [5.41, 5.74) is 1.26. The fourth-order valence-corrected chi connectivity index (χ4v) is 2.48. The van der Waals surface area contributed by atoms with Crippen LogP contribution in [0.25, 0.3) is 0 Å². The van der Waals surface area contributed by atoms with Gasteiger partial charge in [0.05, 0.1) is 13.2 Å². The second-order valence-electron chi connectivity index (χ2n) is 5.63. The Hall–Kier alpha value is -2.86. The standard InChI is InChI=1S/C19H20N2O4/c22-18(21-10-12-24-13-11-21)14-25-17-8-6-16(7-9-17)20-19(23)15-4-2-1-3-5-15/h1-9H,10-14H2,(H,20,23). The molecule has 6 heteroatoms. The largest absolute Gasteiger partial charge is 0.484 e. The van der Waals surface area contributed by atoms with E-state index in [2.05, 4.69) is 5.32 Å². The average molecular weight is 340 g/mol. The molecule has 0 unspecified atom stereocenters. The first-order valence-corrected chi connectivity index (χ1v) is 8.17. The van der Waals surface area contributed by atoms with Gasteiger partial charge in [0.25, 0.3) is 11.8 Å². The van der Waals surface area contributed by atoms with Crippen LogP contribution in [-0.4, -0.2) is 49.6 Å². The van der Waals surface area contributed by atoms with E-state index in [4.69, 9.17) is 9.47 Å². The molecule has 1 fully saturated rings. The number of benzene rings is 2. The first-order chi connectivity index (χ1) is 12.2. The summed E-state index contributed by atoms with van der Waals surface area (Å²) in [5.74, 6) is 0.362. The second-order valence-corrected chi connectivity index (χ2v) is 5.63. The molecule has 0 bridgehead atoms. The fraction of sp³-hybridized carbons (Fsp3) is 0.263. The van der Waals surface area contributed by atoms with Gasteiger partial charge < -0.3 is 19.7 Å². The molecule has 1 heterocycles. The summed E-state index contributed by atoms with van der Waals surface area (Å²) in [5, 5.41) is 2.82. The highest BCUT2D eigenvalue weighted by Gasteiger charge is 2.17. The molecule has 1 aliphatic rings. The molecule has 25 heavy (non-hydrogen) atoms. The fourth-order valence-electron chi connectivity index (χ4n) is 2.48. The van der Waals surface area contributed by atoms with E-state index in [9.17, 15) is 9.59 Å². The van der Waals surface area contributed by atoms with Crippen LogP contribution in [0, 0.1) is 0 Å². The molecule has 0 spiro atoms. The molecule has 0 aromatic heterocycles. The van der Waals surface area contributed by atoms with E-state index >= 15 is 0 Å². The molecule has 0 saturated carbocycles. The Labute approximate surface area is 146 Å². The minimum atomic E-state index is -0.170. The molecule has 0 radical (unpaired) electrons. The lowest BCUT2D eigenvalue weighted by Crippen LogP contribution is -2.42. The van der Waals surface area contributed by atoms with Crippen molar-refractivity contribution in [2.45, 2.75) is 0 Å². The van der Waals surface area contributed by atoms with Crippen molar-refractivity contribution in [1.82, 2.24) is 4.90 Å². The molecule has 1 aliphatic heterocycles. The predicted octanol–water partition coefficient (Wildman–Crippen LogP) is 2.18. The molecule has 0 aliphatic carbocycles. The lowest BCUT2D eigenvalue weighted by molar-refractivity contribution is -0.137. The van der Waals surface area contributed by atoms with Gasteiger partial charge in [0.2, 0.25) is 0 Å². The topological polar surface area (TPSA) is 67.9 Å². The van der Waals surface area contributed by atoms with E-state index in [1.165, 1.54) is 0 Å². The molecule has 2 aromatic carbocycles. The van der Waals surface area contributed by atoms with Crippen LogP contribution in [-0.2, 0) is 9.53 Å². The first kappa shape index (κ1) is 17.0. The summed E-state index contributed by atoms with van der Waals surface area (Å²) in [4.78, 5) is 25.8. The van der Waals surface area contributed by atoms with Crippen LogP contribution in [0.1, 0.15) is 10.4 Å². The van der Waals surface area contributed by atoms with E-state index in [0.717, 1.165) is 0 Å². The number of ether oxygens (including phenoxy) is 2. The number of hydrogen-bond donors (Lipinski definition) is 1. The third kappa shape index (κ3) is 4.81. The van der Waals surface area contributed by atoms with Gasteiger partial charge in [0.15, 0.2) is 6.61 Å². The van der Waals surface area contributed by atoms with Crippen LogP contribution in [0.15, 0.2) is 54.6 Å². The van der Waals surface area contributed by atoms with Crippen LogP contribution in [0.4, 0.5) is 5.69 Å². The minimum absolute atomic E-state index is 0.00424. The van der Waals surface area contributed by atoms with E-state index in [-0.39, 0.29) is 18.4 Å². The van der Waals surface area contributed by atoms with Crippen LogP contribution in [0.3, 0.4) is 0 Å². The van der Waals surface area contributed by atoms with E-state index in [1.54, 1.807) is 41.3 Å². The Morgan fingerprint density at radius 3 is 2.36 bits per heavy atom. The number of amides is 2. The number of hydrogen-bond acceptors (Lipinski definition) is 4. The van der Waals surface area contributed by atoms with E-state index in [0.29, 0.717) is 43.3 Å². The zero-order chi connectivity index (χ0) is 17.5. The maximum Gasteiger partial charge on any atom is 0.260 e. The summed E-state index contributed by atoms with van der Waals surface area (Å²) in [6, 6.07) is 16.0. The van der Waals surface area contributed by atoms with Crippen molar-refractivity contribution in [1.29, 1.82) is 0 Å². The number of carbonyl (C=O) groups is 2. The maximum atomic E-state index is 12.1. The van der Waals surface area contributed by atoms with Crippen molar-refractivity contribution in [2.75, 3.05) is 38.2 Å². The summed E-state index contributed by atoms with van der Waals surface area (Å²) in [7, 11) is 0. The van der Waals surface area contributed by atoms with Gasteiger partial charge in [-0.15, -0.1) is 0 Å². The van der Waals surface area contributed by atoms with Crippen molar-refractivity contribution in [3.63, 3.8) is 0 Å². The number of morpholine rings is 1. The summed E-state index contributed by atoms with van der Waals surface area (Å²) in [6.45, 7) is 2.35. The number of nitrogens with zero attached hydrogens (tertiary/aromatic N) is 1. The Bertz CT molecular complexity index is 710. The molecular weight excluding hydrogens is 320 g/mol. The van der Waals surface area contributed by atoms with Gasteiger partial charge in [0, 0.05) is 24.3 Å². The first-order valence-electron chi connectivity index (χ1n) is 8.17. The van der Waals surface area contributed by atoms with E-state index < -0.39 is 0 Å². The van der Waals surface area contributed by atoms with Gasteiger partial charge in [-0.2, -0.15) is 0 Å². The highest BCUT2D eigenvalue weighted by Crippen LogP contribution is 2.16. The monoisotopic (exact) mass is 340 g/mol. The highest BCUT2D eigenvalue weighted by molar-refractivity contribution is 6.04. The molecule has 3 rings (SSSR count). The van der Waals surface area contributed by atoms with Gasteiger partial charge in [-0.05, 0) is 36.4 Å². The molecule has 0 atom stereocenters. The number of nitrogens with one attached hydrogen (secondary N) is 1. The summed E-state index contributed by atoms with van der Waals surface area (Å²) in [6.07, 6.45) is 0. The molecule has 6 nitrogen and oxygen atoms in total. The van der Waals surface area contributed by atoms with Gasteiger partial charge in [-0.25, -0.2) is 0 Å². The molecule has 2 aromatic rings. The van der Waals surface area contributed by atoms with Crippen molar-refractivity contribution in [2.24, 2.45) is 0 Å². The molecule has 1 saturated heterocycles. The highest BCUT2D eigenvalue weighted by atomic mass is 16.5. The quantitative estimate of drug-likeness (QED) is 0.906. The van der Waals surface area contributed by atoms with Crippen molar-refractivity contribution in [3.8, 4) is 5.75 Å². The van der Waals surface area contributed by atoms with Crippen molar-refractivity contribution < 1.29 is 19.1 Å². The Morgan fingerprint density at radius 2 is 1.68 bits per heavy atom. The Balaban J connectivity index is 1.50. The third-order valence-corrected chi connectivity index (χ3v) is 3.87.